The Morgan fingerprint density at radius 1 is 1.28 bits per heavy atom. The Hall–Kier alpha value is -2.64. The summed E-state index contributed by atoms with van der Waals surface area (Å²) >= 11 is 6.08. The van der Waals surface area contributed by atoms with Crippen LogP contribution in [0.25, 0.3) is 11.1 Å². The summed E-state index contributed by atoms with van der Waals surface area (Å²) in [7, 11) is 0. The molecule has 1 saturated heterocycles. The van der Waals surface area contributed by atoms with Gasteiger partial charge in [0.1, 0.15) is 11.9 Å². The van der Waals surface area contributed by atoms with Crippen LogP contribution in [0.2, 0.25) is 5.02 Å². The fraction of sp³-hybridized carbons (Fsp3) is 0.333. The third-order valence-electron chi connectivity index (χ3n) is 5.22. The average molecular weight is 416 g/mol. The summed E-state index contributed by atoms with van der Waals surface area (Å²) in [5.74, 6) is 0.202. The number of benzene rings is 1. The van der Waals surface area contributed by atoms with E-state index in [1.807, 2.05) is 23.1 Å². The van der Waals surface area contributed by atoms with Gasteiger partial charge in [-0.1, -0.05) is 23.7 Å². The van der Waals surface area contributed by atoms with E-state index >= 15 is 0 Å². The predicted molar refractivity (Wildman–Crippen MR) is 111 cm³/mol. The number of ether oxygens (including phenoxy) is 1. The number of rotatable bonds is 5. The fourth-order valence-electron chi connectivity index (χ4n) is 3.55. The zero-order valence-corrected chi connectivity index (χ0v) is 16.9. The molecule has 0 aliphatic carbocycles. The molecular weight excluding hydrogens is 393 g/mol. The lowest BCUT2D eigenvalue weighted by Crippen LogP contribution is -2.29. The molecule has 1 fully saturated rings. The monoisotopic (exact) mass is 415 g/mol. The highest BCUT2D eigenvalue weighted by atomic mass is 35.5. The van der Waals surface area contributed by atoms with Gasteiger partial charge in [0.05, 0.1) is 17.3 Å². The van der Waals surface area contributed by atoms with E-state index in [0.717, 1.165) is 37.1 Å². The van der Waals surface area contributed by atoms with Gasteiger partial charge in [0.25, 0.3) is 0 Å². The summed E-state index contributed by atoms with van der Waals surface area (Å²) in [4.78, 5) is 4.26. The number of nitrogens with zero attached hydrogens (tertiary/aromatic N) is 3. The standard InChI is InChI=1S/C21H23ClFN5O/c1-13(17-3-2-4-18(23)20(17)22)29-19-9-14(10-26-21(19)24)15-11-27-28(12-15)16-5-7-25-8-6-16/h2-4,9-13,16,25H,5-8H2,1H3,(H2,24,26)/t13-/m1/s1. The number of halogens is 2. The van der Waals surface area contributed by atoms with Crippen LogP contribution in [0.5, 0.6) is 5.75 Å². The first-order chi connectivity index (χ1) is 14.0. The van der Waals surface area contributed by atoms with Crippen molar-refractivity contribution >= 4 is 17.4 Å². The molecule has 1 atom stereocenters. The molecule has 2 aromatic heterocycles. The van der Waals surface area contributed by atoms with Crippen LogP contribution in [0.4, 0.5) is 10.2 Å². The minimum atomic E-state index is -0.491. The Kier molecular flexibility index (Phi) is 5.69. The lowest BCUT2D eigenvalue weighted by Gasteiger charge is -2.22. The number of nitrogens with two attached hydrogens (primary N) is 1. The Bertz CT molecular complexity index is 1000. The minimum absolute atomic E-state index is 0.0472. The van der Waals surface area contributed by atoms with Crippen molar-refractivity contribution in [3.05, 3.63) is 59.3 Å². The number of nitrogens with one attached hydrogen (secondary N) is 1. The maximum atomic E-state index is 13.8. The van der Waals surface area contributed by atoms with Crippen molar-refractivity contribution in [2.45, 2.75) is 31.9 Å². The van der Waals surface area contributed by atoms with Crippen molar-refractivity contribution in [1.82, 2.24) is 20.1 Å². The molecule has 0 bridgehead atoms. The highest BCUT2D eigenvalue weighted by molar-refractivity contribution is 6.31. The van der Waals surface area contributed by atoms with Crippen LogP contribution in [0.3, 0.4) is 0 Å². The van der Waals surface area contributed by atoms with Crippen molar-refractivity contribution in [2.24, 2.45) is 0 Å². The van der Waals surface area contributed by atoms with Gasteiger partial charge in [-0.3, -0.25) is 4.68 Å². The third-order valence-corrected chi connectivity index (χ3v) is 5.62. The smallest absolute Gasteiger partial charge is 0.166 e. The van der Waals surface area contributed by atoms with Gasteiger partial charge in [0.15, 0.2) is 11.6 Å². The first kappa shape index (κ1) is 19.7. The number of piperidine rings is 1. The highest BCUT2D eigenvalue weighted by Gasteiger charge is 2.18. The van der Waals surface area contributed by atoms with E-state index in [-0.39, 0.29) is 10.8 Å². The zero-order chi connectivity index (χ0) is 20.4. The van der Waals surface area contributed by atoms with Crippen molar-refractivity contribution in [1.29, 1.82) is 0 Å². The molecule has 3 heterocycles. The van der Waals surface area contributed by atoms with Crippen LogP contribution in [-0.2, 0) is 0 Å². The van der Waals surface area contributed by atoms with Gasteiger partial charge in [0.2, 0.25) is 0 Å². The topological polar surface area (TPSA) is 78.0 Å². The first-order valence-corrected chi connectivity index (χ1v) is 10.0. The van der Waals surface area contributed by atoms with Gasteiger partial charge in [0, 0.05) is 29.1 Å². The summed E-state index contributed by atoms with van der Waals surface area (Å²) in [5, 5.41) is 7.94. The maximum Gasteiger partial charge on any atom is 0.166 e. The molecule has 0 saturated carbocycles. The molecule has 1 aliphatic rings. The largest absolute Gasteiger partial charge is 0.482 e. The second-order valence-electron chi connectivity index (χ2n) is 7.20. The number of pyridine rings is 1. The Morgan fingerprint density at radius 2 is 2.07 bits per heavy atom. The number of hydrogen-bond acceptors (Lipinski definition) is 5. The van der Waals surface area contributed by atoms with Crippen molar-refractivity contribution < 1.29 is 9.13 Å². The predicted octanol–water partition coefficient (Wildman–Crippen LogP) is 4.38. The average Bonchev–Trinajstić information content (AvgIpc) is 3.22. The maximum absolute atomic E-state index is 13.8. The van der Waals surface area contributed by atoms with Crippen LogP contribution < -0.4 is 15.8 Å². The van der Waals surface area contributed by atoms with Gasteiger partial charge < -0.3 is 15.8 Å². The van der Waals surface area contributed by atoms with E-state index in [9.17, 15) is 4.39 Å². The van der Waals surface area contributed by atoms with Crippen molar-refractivity contribution in [3.8, 4) is 16.9 Å². The zero-order valence-electron chi connectivity index (χ0n) is 16.1. The molecule has 0 radical (unpaired) electrons. The summed E-state index contributed by atoms with van der Waals surface area (Å²) in [6.45, 7) is 3.80. The van der Waals surface area contributed by atoms with E-state index in [2.05, 4.69) is 15.4 Å². The Labute approximate surface area is 173 Å². The Morgan fingerprint density at radius 3 is 2.86 bits per heavy atom. The molecule has 6 nitrogen and oxygen atoms in total. The van der Waals surface area contributed by atoms with E-state index in [0.29, 0.717) is 17.4 Å². The number of nitrogen functional groups attached to an aromatic ring is 1. The van der Waals surface area contributed by atoms with Crippen LogP contribution in [0.1, 0.15) is 37.5 Å². The number of hydrogen-bond donors (Lipinski definition) is 2. The second kappa shape index (κ2) is 8.39. The molecule has 3 aromatic rings. The minimum Gasteiger partial charge on any atom is -0.482 e. The van der Waals surface area contributed by atoms with Gasteiger partial charge in [-0.15, -0.1) is 0 Å². The summed E-state index contributed by atoms with van der Waals surface area (Å²) in [5.41, 5.74) is 8.36. The van der Waals surface area contributed by atoms with Crippen molar-refractivity contribution in [3.63, 3.8) is 0 Å². The molecule has 152 valence electrons. The van der Waals surface area contributed by atoms with E-state index < -0.39 is 11.9 Å². The normalized spacial score (nSPS) is 16.0. The summed E-state index contributed by atoms with van der Waals surface area (Å²) < 4.78 is 21.8. The molecule has 3 N–H and O–H groups in total. The number of aromatic nitrogens is 3. The van der Waals surface area contributed by atoms with Gasteiger partial charge in [-0.25, -0.2) is 9.37 Å². The van der Waals surface area contributed by atoms with E-state index in [1.54, 1.807) is 25.3 Å². The summed E-state index contributed by atoms with van der Waals surface area (Å²) in [6.07, 6.45) is 7.18. The van der Waals surface area contributed by atoms with Gasteiger partial charge >= 0.3 is 0 Å². The van der Waals surface area contributed by atoms with Crippen LogP contribution in [0.15, 0.2) is 42.9 Å². The van der Waals surface area contributed by atoms with E-state index in [4.69, 9.17) is 22.1 Å². The summed E-state index contributed by atoms with van der Waals surface area (Å²) in [6, 6.07) is 6.87. The SMILES string of the molecule is C[C@@H](Oc1cc(-c2cnn(C3CCNCC3)c2)cnc1N)c1cccc(F)c1Cl. The molecule has 0 spiro atoms. The van der Waals surface area contributed by atoms with Gasteiger partial charge in [-0.05, 0) is 45.0 Å². The van der Waals surface area contributed by atoms with Crippen LogP contribution in [-0.4, -0.2) is 27.9 Å². The van der Waals surface area contributed by atoms with E-state index in [1.165, 1.54) is 6.07 Å². The molecule has 29 heavy (non-hydrogen) atoms. The highest BCUT2D eigenvalue weighted by Crippen LogP contribution is 2.33. The van der Waals surface area contributed by atoms with Crippen molar-refractivity contribution in [2.75, 3.05) is 18.8 Å². The second-order valence-corrected chi connectivity index (χ2v) is 7.58. The van der Waals surface area contributed by atoms with Crippen LogP contribution >= 0.6 is 11.6 Å². The quantitative estimate of drug-likeness (QED) is 0.646. The lowest BCUT2D eigenvalue weighted by molar-refractivity contribution is 0.227. The molecule has 8 heteroatoms. The molecule has 4 rings (SSSR count). The molecule has 1 aromatic carbocycles. The Balaban J connectivity index is 1.56. The number of anilines is 1. The molecule has 1 aliphatic heterocycles. The molecule has 0 amide bonds. The lowest BCUT2D eigenvalue weighted by atomic mass is 10.1. The van der Waals surface area contributed by atoms with Gasteiger partial charge in [-0.2, -0.15) is 5.10 Å². The fourth-order valence-corrected chi connectivity index (χ4v) is 3.83. The molecular formula is C21H23ClFN5O. The first-order valence-electron chi connectivity index (χ1n) is 9.64. The third kappa shape index (κ3) is 4.21. The van der Waals surface area contributed by atoms with Crippen LogP contribution in [0, 0.1) is 5.82 Å². The molecule has 0 unspecified atom stereocenters.